The zero-order valence-corrected chi connectivity index (χ0v) is 11.5. The zero-order chi connectivity index (χ0) is 16.2. The highest BCUT2D eigenvalue weighted by Crippen LogP contribution is 2.42. The van der Waals surface area contributed by atoms with Crippen molar-refractivity contribution in [2.45, 2.75) is 13.5 Å². The van der Waals surface area contributed by atoms with Gasteiger partial charge in [-0.15, -0.1) is 0 Å². The van der Waals surface area contributed by atoms with Gasteiger partial charge < -0.3 is 20.4 Å². The van der Waals surface area contributed by atoms with Crippen LogP contribution < -0.4 is 0 Å². The molecule has 1 aliphatic rings. The van der Waals surface area contributed by atoms with Crippen molar-refractivity contribution >= 4 is 11.6 Å². The molecule has 0 amide bonds. The molecule has 0 spiro atoms. The number of hydrogen-bond donors (Lipinski definition) is 4. The number of ketones is 2. The molecule has 0 radical (unpaired) electrons. The number of aliphatic hydroxyl groups is 1. The Kier molecular flexibility index (Phi) is 2.93. The first kappa shape index (κ1) is 14.1. The molecule has 4 N–H and O–H groups in total. The molecular weight excluding hydrogens is 288 g/mol. The summed E-state index contributed by atoms with van der Waals surface area (Å²) >= 11 is 0. The number of aliphatic hydroxyl groups excluding tert-OH is 1. The molecule has 0 aromatic heterocycles. The van der Waals surface area contributed by atoms with Crippen LogP contribution in [0.5, 0.6) is 17.2 Å². The van der Waals surface area contributed by atoms with E-state index < -0.39 is 29.7 Å². The largest absolute Gasteiger partial charge is 0.507 e. The Morgan fingerprint density at radius 1 is 0.864 bits per heavy atom. The third-order valence-electron chi connectivity index (χ3n) is 3.72. The fraction of sp³-hybridized carbons (Fsp3) is 0.125. The van der Waals surface area contributed by atoms with Gasteiger partial charge in [0.25, 0.3) is 0 Å². The standard InChI is InChI=1S/C16H12O6/c1-6-2-8-11(9(18)3-6)16(22)12-10(19)4-7(5-17)14(20)13(12)15(8)21/h2-4,17-20H,5H2,1H3. The normalized spacial score (nSPS) is 13.0. The minimum atomic E-state index is -0.751. The third kappa shape index (κ3) is 1.71. The van der Waals surface area contributed by atoms with Gasteiger partial charge in [-0.2, -0.15) is 0 Å². The van der Waals surface area contributed by atoms with Crippen molar-refractivity contribution in [3.63, 3.8) is 0 Å². The molecule has 0 saturated carbocycles. The van der Waals surface area contributed by atoms with E-state index in [1.165, 1.54) is 12.1 Å². The van der Waals surface area contributed by atoms with Crippen molar-refractivity contribution in [3.8, 4) is 17.2 Å². The van der Waals surface area contributed by atoms with Gasteiger partial charge in [-0.05, 0) is 30.7 Å². The molecule has 6 heteroatoms. The number of aryl methyl sites for hydroxylation is 1. The van der Waals surface area contributed by atoms with Crippen molar-refractivity contribution < 1.29 is 30.0 Å². The molecule has 22 heavy (non-hydrogen) atoms. The fourth-order valence-corrected chi connectivity index (χ4v) is 2.73. The molecule has 0 bridgehead atoms. The predicted octanol–water partition coefficient (Wildman–Crippen LogP) is 1.38. The van der Waals surface area contributed by atoms with Crippen LogP contribution in [0.15, 0.2) is 18.2 Å². The third-order valence-corrected chi connectivity index (χ3v) is 3.72. The molecular formula is C16H12O6. The van der Waals surface area contributed by atoms with Crippen molar-refractivity contribution in [1.82, 2.24) is 0 Å². The lowest BCUT2D eigenvalue weighted by molar-refractivity contribution is 0.0971. The van der Waals surface area contributed by atoms with Gasteiger partial charge in [0.2, 0.25) is 5.78 Å². The van der Waals surface area contributed by atoms with Gasteiger partial charge in [-0.25, -0.2) is 0 Å². The number of hydrogen-bond acceptors (Lipinski definition) is 6. The van der Waals surface area contributed by atoms with Crippen molar-refractivity contribution in [1.29, 1.82) is 0 Å². The summed E-state index contributed by atoms with van der Waals surface area (Å²) in [6.07, 6.45) is 0. The number of fused-ring (bicyclic) bond motifs is 2. The van der Waals surface area contributed by atoms with E-state index in [2.05, 4.69) is 0 Å². The summed E-state index contributed by atoms with van der Waals surface area (Å²) in [5.41, 5.74) is -0.451. The van der Waals surface area contributed by atoms with E-state index >= 15 is 0 Å². The molecule has 6 nitrogen and oxygen atoms in total. The summed E-state index contributed by atoms with van der Waals surface area (Å²) in [6, 6.07) is 3.80. The van der Waals surface area contributed by atoms with E-state index in [0.29, 0.717) is 5.56 Å². The van der Waals surface area contributed by atoms with Crippen LogP contribution in [0, 0.1) is 6.92 Å². The number of aromatic hydroxyl groups is 3. The van der Waals surface area contributed by atoms with E-state index in [4.69, 9.17) is 0 Å². The number of benzene rings is 2. The maximum Gasteiger partial charge on any atom is 0.202 e. The van der Waals surface area contributed by atoms with E-state index in [1.54, 1.807) is 6.92 Å². The quantitative estimate of drug-likeness (QED) is 0.505. The SMILES string of the molecule is Cc1cc(O)c2c(c1)C(=O)c1c(O)c(CO)cc(O)c1C2=O. The summed E-state index contributed by atoms with van der Waals surface area (Å²) in [7, 11) is 0. The second-order valence-electron chi connectivity index (χ2n) is 5.18. The smallest absolute Gasteiger partial charge is 0.202 e. The molecule has 112 valence electrons. The number of phenols is 3. The van der Waals surface area contributed by atoms with Gasteiger partial charge in [-0.1, -0.05) is 0 Å². The Hall–Kier alpha value is -2.86. The van der Waals surface area contributed by atoms with E-state index in [1.807, 2.05) is 0 Å². The van der Waals surface area contributed by atoms with Gasteiger partial charge in [0.1, 0.15) is 17.2 Å². The van der Waals surface area contributed by atoms with Crippen LogP contribution >= 0.6 is 0 Å². The van der Waals surface area contributed by atoms with E-state index in [0.717, 1.165) is 6.07 Å². The molecule has 1 aliphatic carbocycles. The predicted molar refractivity (Wildman–Crippen MR) is 75.4 cm³/mol. The summed E-state index contributed by atoms with van der Waals surface area (Å²) in [4.78, 5) is 25.1. The topological polar surface area (TPSA) is 115 Å². The summed E-state index contributed by atoms with van der Waals surface area (Å²) < 4.78 is 0. The first-order chi connectivity index (χ1) is 10.4. The fourth-order valence-electron chi connectivity index (χ4n) is 2.73. The highest BCUT2D eigenvalue weighted by Gasteiger charge is 2.37. The van der Waals surface area contributed by atoms with Gasteiger partial charge in [-0.3, -0.25) is 9.59 Å². The molecule has 0 aliphatic heterocycles. The monoisotopic (exact) mass is 300 g/mol. The molecule has 3 rings (SSSR count). The zero-order valence-electron chi connectivity index (χ0n) is 11.5. The van der Waals surface area contributed by atoms with Gasteiger partial charge in [0.05, 0.1) is 23.3 Å². The molecule has 2 aromatic carbocycles. The number of rotatable bonds is 1. The Balaban J connectivity index is 2.41. The highest BCUT2D eigenvalue weighted by molar-refractivity contribution is 6.31. The highest BCUT2D eigenvalue weighted by atomic mass is 16.3. The minimum Gasteiger partial charge on any atom is -0.507 e. The van der Waals surface area contributed by atoms with Gasteiger partial charge in [0.15, 0.2) is 5.78 Å². The maximum absolute atomic E-state index is 12.6. The number of carbonyl (C=O) groups excluding carboxylic acids is 2. The first-order valence-corrected chi connectivity index (χ1v) is 6.48. The number of phenolic OH excluding ortho intramolecular Hbond substituents is 2. The van der Waals surface area contributed by atoms with Gasteiger partial charge in [0, 0.05) is 11.1 Å². The molecule has 0 heterocycles. The molecule has 2 aromatic rings. The van der Waals surface area contributed by atoms with Crippen molar-refractivity contribution in [2.75, 3.05) is 0 Å². The first-order valence-electron chi connectivity index (χ1n) is 6.48. The molecule has 0 fully saturated rings. The van der Waals surface area contributed by atoms with Crippen LogP contribution in [0.1, 0.15) is 43.0 Å². The summed E-state index contributed by atoms with van der Waals surface area (Å²) in [5.74, 6) is -2.86. The lowest BCUT2D eigenvalue weighted by Crippen LogP contribution is -2.22. The summed E-state index contributed by atoms with van der Waals surface area (Å²) in [6.45, 7) is 1.05. The Morgan fingerprint density at radius 2 is 1.50 bits per heavy atom. The second kappa shape index (κ2) is 4.57. The van der Waals surface area contributed by atoms with Crippen LogP contribution in [0.25, 0.3) is 0 Å². The Bertz CT molecular complexity index is 850. The van der Waals surface area contributed by atoms with Crippen LogP contribution in [-0.4, -0.2) is 32.0 Å². The molecule has 0 atom stereocenters. The minimum absolute atomic E-state index is 0.0419. The maximum atomic E-state index is 12.6. The van der Waals surface area contributed by atoms with Crippen LogP contribution in [0.3, 0.4) is 0 Å². The Morgan fingerprint density at radius 3 is 2.14 bits per heavy atom. The van der Waals surface area contributed by atoms with Crippen LogP contribution in [0.2, 0.25) is 0 Å². The average molecular weight is 300 g/mol. The lowest BCUT2D eigenvalue weighted by atomic mass is 9.81. The second-order valence-corrected chi connectivity index (χ2v) is 5.18. The summed E-state index contributed by atoms with van der Waals surface area (Å²) in [5, 5.41) is 39.2. The van der Waals surface area contributed by atoms with Gasteiger partial charge >= 0.3 is 0 Å². The van der Waals surface area contributed by atoms with Crippen molar-refractivity contribution in [3.05, 3.63) is 51.6 Å². The number of carbonyl (C=O) groups is 2. The van der Waals surface area contributed by atoms with E-state index in [9.17, 15) is 30.0 Å². The average Bonchev–Trinajstić information content (AvgIpc) is 2.45. The van der Waals surface area contributed by atoms with Crippen LogP contribution in [0.4, 0.5) is 0 Å². The van der Waals surface area contributed by atoms with Crippen LogP contribution in [-0.2, 0) is 6.61 Å². The van der Waals surface area contributed by atoms with E-state index in [-0.39, 0.29) is 33.6 Å². The molecule has 0 saturated heterocycles. The lowest BCUT2D eigenvalue weighted by Gasteiger charge is -2.21. The Labute approximate surface area is 124 Å². The molecule has 0 unspecified atom stereocenters. The van der Waals surface area contributed by atoms with Crippen molar-refractivity contribution in [2.24, 2.45) is 0 Å².